The minimum atomic E-state index is -0.328. The third-order valence-electron chi connectivity index (χ3n) is 3.72. The fraction of sp³-hybridized carbons (Fsp3) is 0.571. The van der Waals surface area contributed by atoms with Gasteiger partial charge in [-0.05, 0) is 32.8 Å². The zero-order chi connectivity index (χ0) is 13.8. The molecule has 0 radical (unpaired) electrons. The van der Waals surface area contributed by atoms with Crippen molar-refractivity contribution in [1.82, 2.24) is 4.90 Å². The number of anilines is 1. The Labute approximate surface area is 113 Å². The van der Waals surface area contributed by atoms with Crippen molar-refractivity contribution in [3.05, 3.63) is 34.4 Å². The highest BCUT2D eigenvalue weighted by molar-refractivity contribution is 5.61. The predicted molar refractivity (Wildman–Crippen MR) is 76.5 cm³/mol. The van der Waals surface area contributed by atoms with Gasteiger partial charge in [-0.25, -0.2) is 0 Å². The van der Waals surface area contributed by atoms with Crippen LogP contribution < -0.4 is 5.32 Å². The van der Waals surface area contributed by atoms with E-state index in [4.69, 9.17) is 0 Å². The lowest BCUT2D eigenvalue weighted by Crippen LogP contribution is -2.42. The number of nitrogens with zero attached hydrogens (tertiary/aromatic N) is 2. The highest BCUT2D eigenvalue weighted by Crippen LogP contribution is 2.26. The van der Waals surface area contributed by atoms with Crippen LogP contribution in [0.2, 0.25) is 0 Å². The Bertz CT molecular complexity index is 440. The summed E-state index contributed by atoms with van der Waals surface area (Å²) in [5.41, 5.74) is 0.796. The molecule has 1 N–H and O–H groups in total. The summed E-state index contributed by atoms with van der Waals surface area (Å²) in [4.78, 5) is 13.1. The van der Waals surface area contributed by atoms with Crippen LogP contribution in [0.4, 0.5) is 11.4 Å². The molecule has 5 nitrogen and oxygen atoms in total. The Morgan fingerprint density at radius 3 is 2.53 bits per heavy atom. The third-order valence-corrected chi connectivity index (χ3v) is 3.72. The summed E-state index contributed by atoms with van der Waals surface area (Å²) in [6.07, 6.45) is 2.06. The number of hydrogen-bond acceptors (Lipinski definition) is 4. The molecular weight excluding hydrogens is 242 g/mol. The lowest BCUT2D eigenvalue weighted by atomic mass is 10.0. The molecule has 1 saturated heterocycles. The lowest BCUT2D eigenvalue weighted by molar-refractivity contribution is -0.384. The summed E-state index contributed by atoms with van der Waals surface area (Å²) in [5.74, 6) is 0. The Hall–Kier alpha value is -1.62. The average molecular weight is 263 g/mol. The quantitative estimate of drug-likeness (QED) is 0.670. The Morgan fingerprint density at radius 1 is 1.32 bits per heavy atom. The number of nitrogens with one attached hydrogen (secondary N) is 1. The van der Waals surface area contributed by atoms with E-state index in [9.17, 15) is 10.1 Å². The molecule has 0 aromatic heterocycles. The molecule has 0 aliphatic carbocycles. The van der Waals surface area contributed by atoms with Crippen LogP contribution in [-0.2, 0) is 0 Å². The van der Waals surface area contributed by atoms with Gasteiger partial charge in [-0.1, -0.05) is 12.1 Å². The number of hydrogen-bond donors (Lipinski definition) is 1. The maximum Gasteiger partial charge on any atom is 0.292 e. The van der Waals surface area contributed by atoms with Crippen molar-refractivity contribution in [2.45, 2.75) is 38.8 Å². The normalized spacial score (nSPS) is 17.6. The van der Waals surface area contributed by atoms with E-state index in [1.807, 2.05) is 6.07 Å². The van der Waals surface area contributed by atoms with E-state index in [1.165, 1.54) is 0 Å². The van der Waals surface area contributed by atoms with Crippen LogP contribution in [0.15, 0.2) is 24.3 Å². The molecule has 5 heteroatoms. The number of rotatable bonds is 4. The molecule has 1 aliphatic heterocycles. The number of nitro benzene ring substituents is 1. The molecule has 0 amide bonds. The van der Waals surface area contributed by atoms with E-state index in [2.05, 4.69) is 24.1 Å². The van der Waals surface area contributed by atoms with Crippen molar-refractivity contribution in [3.8, 4) is 0 Å². The van der Waals surface area contributed by atoms with Crippen molar-refractivity contribution in [3.63, 3.8) is 0 Å². The fourth-order valence-electron chi connectivity index (χ4n) is 2.54. The molecule has 104 valence electrons. The lowest BCUT2D eigenvalue weighted by Gasteiger charge is -2.35. The predicted octanol–water partition coefficient (Wildman–Crippen LogP) is 2.88. The maximum absolute atomic E-state index is 11.0. The molecule has 0 bridgehead atoms. The van der Waals surface area contributed by atoms with Gasteiger partial charge in [-0.2, -0.15) is 0 Å². The Kier molecular flexibility index (Phi) is 4.37. The van der Waals surface area contributed by atoms with Crippen LogP contribution in [0.1, 0.15) is 26.7 Å². The van der Waals surface area contributed by atoms with Crippen molar-refractivity contribution >= 4 is 11.4 Å². The zero-order valence-electron chi connectivity index (χ0n) is 11.5. The maximum atomic E-state index is 11.0. The summed E-state index contributed by atoms with van der Waals surface area (Å²) in [5, 5.41) is 14.3. The van der Waals surface area contributed by atoms with Gasteiger partial charge in [0.25, 0.3) is 5.69 Å². The van der Waals surface area contributed by atoms with Gasteiger partial charge in [-0.15, -0.1) is 0 Å². The summed E-state index contributed by atoms with van der Waals surface area (Å²) in [7, 11) is 0. The van der Waals surface area contributed by atoms with Crippen LogP contribution in [0.25, 0.3) is 0 Å². The second kappa shape index (κ2) is 6.02. The molecule has 0 spiro atoms. The second-order valence-corrected chi connectivity index (χ2v) is 5.32. The third kappa shape index (κ3) is 3.44. The molecule has 1 aliphatic rings. The molecular formula is C14H21N3O2. The summed E-state index contributed by atoms with van der Waals surface area (Å²) >= 11 is 0. The molecule has 1 fully saturated rings. The van der Waals surface area contributed by atoms with E-state index in [0.717, 1.165) is 25.9 Å². The standard InChI is InChI=1S/C14H21N3O2/c1-11(2)16-9-7-12(8-10-16)15-13-5-3-4-6-14(13)17(18)19/h3-6,11-12,15H,7-10H2,1-2H3. The fourth-order valence-corrected chi connectivity index (χ4v) is 2.54. The van der Waals surface area contributed by atoms with Gasteiger partial charge in [0.05, 0.1) is 4.92 Å². The summed E-state index contributed by atoms with van der Waals surface area (Å²) < 4.78 is 0. The van der Waals surface area contributed by atoms with Crippen molar-refractivity contribution in [1.29, 1.82) is 0 Å². The Balaban J connectivity index is 1.98. The molecule has 1 aromatic carbocycles. The van der Waals surface area contributed by atoms with Crippen molar-refractivity contribution in [2.75, 3.05) is 18.4 Å². The van der Waals surface area contributed by atoms with Gasteiger partial charge in [0, 0.05) is 31.2 Å². The topological polar surface area (TPSA) is 58.4 Å². The zero-order valence-corrected chi connectivity index (χ0v) is 11.5. The minimum Gasteiger partial charge on any atom is -0.377 e. The van der Waals surface area contributed by atoms with E-state index in [1.54, 1.807) is 18.2 Å². The van der Waals surface area contributed by atoms with Gasteiger partial charge in [0.15, 0.2) is 0 Å². The monoisotopic (exact) mass is 263 g/mol. The van der Waals surface area contributed by atoms with Crippen LogP contribution in [-0.4, -0.2) is 35.0 Å². The first-order valence-corrected chi connectivity index (χ1v) is 6.82. The number of benzene rings is 1. The highest BCUT2D eigenvalue weighted by Gasteiger charge is 2.22. The number of para-hydroxylation sites is 2. The van der Waals surface area contributed by atoms with E-state index >= 15 is 0 Å². The summed E-state index contributed by atoms with van der Waals surface area (Å²) in [6.45, 7) is 6.51. The van der Waals surface area contributed by atoms with E-state index in [0.29, 0.717) is 17.8 Å². The molecule has 0 unspecified atom stereocenters. The SMILES string of the molecule is CC(C)N1CCC(Nc2ccccc2[N+](=O)[O-])CC1. The van der Waals surface area contributed by atoms with Crippen molar-refractivity contribution in [2.24, 2.45) is 0 Å². The molecule has 1 aromatic rings. The first kappa shape index (κ1) is 13.8. The van der Waals surface area contributed by atoms with Crippen LogP contribution in [0.5, 0.6) is 0 Å². The molecule has 0 atom stereocenters. The second-order valence-electron chi connectivity index (χ2n) is 5.32. The van der Waals surface area contributed by atoms with Gasteiger partial charge >= 0.3 is 0 Å². The number of piperidine rings is 1. The number of likely N-dealkylation sites (tertiary alicyclic amines) is 1. The van der Waals surface area contributed by atoms with Crippen molar-refractivity contribution < 1.29 is 4.92 Å². The van der Waals surface area contributed by atoms with Gasteiger partial charge in [0.2, 0.25) is 0 Å². The van der Waals surface area contributed by atoms with Crippen LogP contribution in [0.3, 0.4) is 0 Å². The van der Waals surface area contributed by atoms with Crippen LogP contribution >= 0.6 is 0 Å². The molecule has 0 saturated carbocycles. The number of nitro groups is 1. The molecule has 19 heavy (non-hydrogen) atoms. The summed E-state index contributed by atoms with van der Waals surface area (Å²) in [6, 6.07) is 7.77. The molecule has 2 rings (SSSR count). The smallest absolute Gasteiger partial charge is 0.292 e. The van der Waals surface area contributed by atoms with E-state index < -0.39 is 0 Å². The average Bonchev–Trinajstić information content (AvgIpc) is 2.39. The van der Waals surface area contributed by atoms with Crippen LogP contribution in [0, 0.1) is 10.1 Å². The first-order valence-electron chi connectivity index (χ1n) is 6.82. The highest BCUT2D eigenvalue weighted by atomic mass is 16.6. The largest absolute Gasteiger partial charge is 0.377 e. The van der Waals surface area contributed by atoms with E-state index in [-0.39, 0.29) is 10.6 Å². The first-order chi connectivity index (χ1) is 9.08. The minimum absolute atomic E-state index is 0.161. The Morgan fingerprint density at radius 2 is 1.95 bits per heavy atom. The van der Waals surface area contributed by atoms with Gasteiger partial charge in [-0.3, -0.25) is 10.1 Å². The van der Waals surface area contributed by atoms with Gasteiger partial charge < -0.3 is 10.2 Å². The molecule has 1 heterocycles. The van der Waals surface area contributed by atoms with Gasteiger partial charge in [0.1, 0.15) is 5.69 Å².